The van der Waals surface area contributed by atoms with Crippen LogP contribution in [0.3, 0.4) is 0 Å². The molecule has 0 saturated carbocycles. The minimum absolute atomic E-state index is 0.0130. The first-order valence-electron chi connectivity index (χ1n) is 8.17. The molecule has 130 valence electrons. The van der Waals surface area contributed by atoms with Gasteiger partial charge in [0.1, 0.15) is 5.75 Å². The molecule has 6 heteroatoms. The third-order valence-corrected chi connectivity index (χ3v) is 4.79. The molecular formula is C19H19BrN2O3. The van der Waals surface area contributed by atoms with E-state index in [4.69, 9.17) is 0 Å². The highest BCUT2D eigenvalue weighted by Crippen LogP contribution is 2.18. The maximum absolute atomic E-state index is 12.5. The van der Waals surface area contributed by atoms with E-state index in [1.165, 1.54) is 12.1 Å². The van der Waals surface area contributed by atoms with E-state index in [-0.39, 0.29) is 23.6 Å². The number of hydrogen-bond acceptors (Lipinski definition) is 3. The Kier molecular flexibility index (Phi) is 5.38. The quantitative estimate of drug-likeness (QED) is 0.827. The summed E-state index contributed by atoms with van der Waals surface area (Å²) in [4.78, 5) is 26.6. The summed E-state index contributed by atoms with van der Waals surface area (Å²) in [5, 5.41) is 12.4. The highest BCUT2D eigenvalue weighted by Gasteiger charge is 2.25. The zero-order valence-electron chi connectivity index (χ0n) is 13.6. The molecule has 3 rings (SSSR count). The number of nitrogens with one attached hydrogen (secondary N) is 1. The molecule has 2 N–H and O–H groups in total. The van der Waals surface area contributed by atoms with Gasteiger partial charge in [-0.05, 0) is 49.2 Å². The highest BCUT2D eigenvalue weighted by atomic mass is 79.9. The Bertz CT molecular complexity index is 786. The van der Waals surface area contributed by atoms with Gasteiger partial charge in [0.15, 0.2) is 0 Å². The van der Waals surface area contributed by atoms with Crippen LogP contribution in [-0.2, 0) is 0 Å². The average molecular weight is 403 g/mol. The molecule has 1 saturated heterocycles. The van der Waals surface area contributed by atoms with Crippen molar-refractivity contribution in [2.75, 3.05) is 13.1 Å². The molecule has 0 bridgehead atoms. The highest BCUT2D eigenvalue weighted by molar-refractivity contribution is 9.10. The van der Waals surface area contributed by atoms with E-state index in [0.29, 0.717) is 37.1 Å². The third kappa shape index (κ3) is 4.39. The molecule has 0 aliphatic carbocycles. The molecule has 1 aliphatic rings. The van der Waals surface area contributed by atoms with E-state index >= 15 is 0 Å². The number of rotatable bonds is 3. The topological polar surface area (TPSA) is 69.6 Å². The van der Waals surface area contributed by atoms with Crippen LogP contribution in [0.4, 0.5) is 0 Å². The van der Waals surface area contributed by atoms with E-state index in [9.17, 15) is 14.7 Å². The van der Waals surface area contributed by atoms with Crippen molar-refractivity contribution in [3.8, 4) is 5.75 Å². The number of carbonyl (C=O) groups excluding carboxylic acids is 2. The van der Waals surface area contributed by atoms with Gasteiger partial charge in [-0.3, -0.25) is 9.59 Å². The third-order valence-electron chi connectivity index (χ3n) is 4.30. The van der Waals surface area contributed by atoms with Crippen LogP contribution in [0.25, 0.3) is 0 Å². The predicted octanol–water partition coefficient (Wildman–Crippen LogP) is 3.19. The number of piperidine rings is 1. The average Bonchev–Trinajstić information content (AvgIpc) is 2.62. The van der Waals surface area contributed by atoms with Gasteiger partial charge < -0.3 is 15.3 Å². The number of amides is 2. The molecule has 0 spiro atoms. The minimum atomic E-state index is -0.201. The Hall–Kier alpha value is -2.34. The first-order chi connectivity index (χ1) is 12.0. The molecule has 1 fully saturated rings. The zero-order chi connectivity index (χ0) is 17.8. The molecule has 1 heterocycles. The van der Waals surface area contributed by atoms with Crippen LogP contribution in [0.15, 0.2) is 53.0 Å². The number of phenols is 1. The Morgan fingerprint density at radius 2 is 1.72 bits per heavy atom. The van der Waals surface area contributed by atoms with Crippen LogP contribution < -0.4 is 5.32 Å². The smallest absolute Gasteiger partial charge is 0.253 e. The zero-order valence-corrected chi connectivity index (χ0v) is 15.2. The van der Waals surface area contributed by atoms with E-state index in [1.807, 2.05) is 29.2 Å². The van der Waals surface area contributed by atoms with Crippen molar-refractivity contribution in [3.05, 3.63) is 64.1 Å². The molecule has 1 aliphatic heterocycles. The fraction of sp³-hybridized carbons (Fsp3) is 0.263. The summed E-state index contributed by atoms with van der Waals surface area (Å²) in [5.74, 6) is -0.117. The van der Waals surface area contributed by atoms with Gasteiger partial charge in [0.2, 0.25) is 0 Å². The van der Waals surface area contributed by atoms with Gasteiger partial charge >= 0.3 is 0 Å². The molecule has 0 aromatic heterocycles. The number of nitrogens with zero attached hydrogens (tertiary/aromatic N) is 1. The van der Waals surface area contributed by atoms with Crippen molar-refractivity contribution in [2.24, 2.45) is 0 Å². The largest absolute Gasteiger partial charge is 0.508 e. The van der Waals surface area contributed by atoms with Crippen LogP contribution in [0.2, 0.25) is 0 Å². The number of likely N-dealkylation sites (tertiary alicyclic amines) is 1. The van der Waals surface area contributed by atoms with E-state index in [2.05, 4.69) is 21.2 Å². The van der Waals surface area contributed by atoms with Gasteiger partial charge in [-0.2, -0.15) is 0 Å². The number of carbonyl (C=O) groups is 2. The second-order valence-corrected chi connectivity index (χ2v) is 7.02. The van der Waals surface area contributed by atoms with Crippen LogP contribution in [-0.4, -0.2) is 41.0 Å². The van der Waals surface area contributed by atoms with Gasteiger partial charge in [0, 0.05) is 34.7 Å². The molecule has 2 amide bonds. The Morgan fingerprint density at radius 1 is 1.04 bits per heavy atom. The first-order valence-corrected chi connectivity index (χ1v) is 8.97. The molecular weight excluding hydrogens is 384 g/mol. The molecule has 0 radical (unpaired) electrons. The maximum atomic E-state index is 12.5. The van der Waals surface area contributed by atoms with Gasteiger partial charge in [-0.1, -0.05) is 28.1 Å². The van der Waals surface area contributed by atoms with E-state index in [1.54, 1.807) is 12.1 Å². The van der Waals surface area contributed by atoms with Crippen molar-refractivity contribution >= 4 is 27.7 Å². The second kappa shape index (κ2) is 7.70. The standard InChI is InChI=1S/C19H19BrN2O3/c20-15-5-1-4-14(11-15)19(25)22-9-7-16(8-10-22)21-18(24)13-3-2-6-17(23)12-13/h1-6,11-12,16,23H,7-10H2,(H,21,24). The summed E-state index contributed by atoms with van der Waals surface area (Å²) >= 11 is 3.38. The summed E-state index contributed by atoms with van der Waals surface area (Å²) in [6.07, 6.45) is 1.43. The lowest BCUT2D eigenvalue weighted by atomic mass is 10.0. The maximum Gasteiger partial charge on any atom is 0.253 e. The SMILES string of the molecule is O=C(NC1CCN(C(=O)c2cccc(Br)c2)CC1)c1cccc(O)c1. The summed E-state index contributed by atoms with van der Waals surface area (Å²) in [7, 11) is 0. The van der Waals surface area contributed by atoms with Crippen LogP contribution in [0.1, 0.15) is 33.6 Å². The Morgan fingerprint density at radius 3 is 2.40 bits per heavy atom. The fourth-order valence-electron chi connectivity index (χ4n) is 2.95. The Labute approximate surface area is 154 Å². The van der Waals surface area contributed by atoms with Crippen LogP contribution >= 0.6 is 15.9 Å². The van der Waals surface area contributed by atoms with E-state index < -0.39 is 0 Å². The summed E-state index contributed by atoms with van der Waals surface area (Å²) in [6.45, 7) is 1.21. The Balaban J connectivity index is 1.55. The first kappa shape index (κ1) is 17.5. The molecule has 25 heavy (non-hydrogen) atoms. The van der Waals surface area contributed by atoms with Crippen molar-refractivity contribution in [3.63, 3.8) is 0 Å². The normalized spacial score (nSPS) is 15.0. The van der Waals surface area contributed by atoms with Crippen molar-refractivity contribution in [2.45, 2.75) is 18.9 Å². The lowest BCUT2D eigenvalue weighted by Crippen LogP contribution is -2.46. The van der Waals surface area contributed by atoms with Gasteiger partial charge in [0.25, 0.3) is 11.8 Å². The van der Waals surface area contributed by atoms with Gasteiger partial charge in [0.05, 0.1) is 0 Å². The predicted molar refractivity (Wildman–Crippen MR) is 98.6 cm³/mol. The van der Waals surface area contributed by atoms with E-state index in [0.717, 1.165) is 4.47 Å². The van der Waals surface area contributed by atoms with Crippen molar-refractivity contribution in [1.29, 1.82) is 0 Å². The monoisotopic (exact) mass is 402 g/mol. The minimum Gasteiger partial charge on any atom is -0.508 e. The summed E-state index contributed by atoms with van der Waals surface area (Å²) in [6, 6.07) is 13.7. The van der Waals surface area contributed by atoms with Crippen LogP contribution in [0.5, 0.6) is 5.75 Å². The lowest BCUT2D eigenvalue weighted by molar-refractivity contribution is 0.0698. The molecule has 5 nitrogen and oxygen atoms in total. The summed E-state index contributed by atoms with van der Waals surface area (Å²) < 4.78 is 0.881. The van der Waals surface area contributed by atoms with Crippen molar-refractivity contribution in [1.82, 2.24) is 10.2 Å². The lowest BCUT2D eigenvalue weighted by Gasteiger charge is -2.32. The molecule has 2 aromatic carbocycles. The van der Waals surface area contributed by atoms with Gasteiger partial charge in [-0.25, -0.2) is 0 Å². The number of halogens is 1. The van der Waals surface area contributed by atoms with Gasteiger partial charge in [-0.15, -0.1) is 0 Å². The number of aromatic hydroxyl groups is 1. The molecule has 0 atom stereocenters. The fourth-order valence-corrected chi connectivity index (χ4v) is 3.35. The summed E-state index contributed by atoms with van der Waals surface area (Å²) in [5.41, 5.74) is 1.10. The van der Waals surface area contributed by atoms with Crippen LogP contribution in [0, 0.1) is 0 Å². The molecule has 0 unspecified atom stereocenters. The number of hydrogen-bond donors (Lipinski definition) is 2. The van der Waals surface area contributed by atoms with Crippen molar-refractivity contribution < 1.29 is 14.7 Å². The number of phenolic OH excluding ortho intramolecular Hbond substituents is 1. The molecule has 2 aromatic rings. The second-order valence-electron chi connectivity index (χ2n) is 6.10. The number of benzene rings is 2.